The van der Waals surface area contributed by atoms with Crippen LogP contribution in [-0.2, 0) is 6.54 Å². The first kappa shape index (κ1) is 12.3. The first-order valence-electron chi connectivity index (χ1n) is 5.97. The maximum Gasteiger partial charge on any atom is 0.165 e. The van der Waals surface area contributed by atoms with Gasteiger partial charge in [0.15, 0.2) is 11.6 Å². The highest BCUT2D eigenvalue weighted by Crippen LogP contribution is 2.31. The van der Waals surface area contributed by atoms with Crippen LogP contribution in [0.25, 0.3) is 0 Å². The molecule has 0 radical (unpaired) electrons. The molecule has 1 aromatic rings. The van der Waals surface area contributed by atoms with Crippen LogP contribution < -0.4 is 10.5 Å². The third-order valence-electron chi connectivity index (χ3n) is 3.29. The minimum Gasteiger partial charge on any atom is -0.487 e. The van der Waals surface area contributed by atoms with Gasteiger partial charge in [0.25, 0.3) is 0 Å². The van der Waals surface area contributed by atoms with E-state index in [4.69, 9.17) is 10.5 Å². The average molecular weight is 239 g/mol. The van der Waals surface area contributed by atoms with Crippen LogP contribution in [0.5, 0.6) is 5.75 Å². The van der Waals surface area contributed by atoms with E-state index in [2.05, 4.69) is 0 Å². The molecule has 0 saturated heterocycles. The summed E-state index contributed by atoms with van der Waals surface area (Å²) in [5, 5.41) is 10.1. The Morgan fingerprint density at radius 2 is 2.06 bits per heavy atom. The summed E-state index contributed by atoms with van der Waals surface area (Å²) in [6.45, 7) is 0.368. The van der Waals surface area contributed by atoms with E-state index in [0.29, 0.717) is 5.56 Å². The van der Waals surface area contributed by atoms with Gasteiger partial charge in [0, 0.05) is 12.1 Å². The molecule has 1 aliphatic rings. The number of benzene rings is 1. The Balaban J connectivity index is 2.08. The Bertz CT molecular complexity index is 389. The van der Waals surface area contributed by atoms with Gasteiger partial charge in [0.1, 0.15) is 6.61 Å². The summed E-state index contributed by atoms with van der Waals surface area (Å²) in [7, 11) is 0. The van der Waals surface area contributed by atoms with E-state index in [1.54, 1.807) is 12.1 Å². The number of halogens is 1. The van der Waals surface area contributed by atoms with E-state index in [1.165, 1.54) is 6.07 Å². The van der Waals surface area contributed by atoms with Crippen molar-refractivity contribution in [2.75, 3.05) is 6.61 Å². The molecule has 4 heteroatoms. The normalized spacial score (nSPS) is 18.3. The molecule has 0 bridgehead atoms. The van der Waals surface area contributed by atoms with Gasteiger partial charge in [-0.25, -0.2) is 4.39 Å². The molecule has 1 aliphatic carbocycles. The van der Waals surface area contributed by atoms with Crippen molar-refractivity contribution in [2.45, 2.75) is 37.8 Å². The molecule has 3 N–H and O–H groups in total. The summed E-state index contributed by atoms with van der Waals surface area (Å²) in [6.07, 6.45) is 3.45. The Morgan fingerprint density at radius 1 is 1.35 bits per heavy atom. The second-order valence-corrected chi connectivity index (χ2v) is 4.65. The van der Waals surface area contributed by atoms with Crippen LogP contribution >= 0.6 is 0 Å². The number of para-hydroxylation sites is 1. The molecule has 0 atom stereocenters. The van der Waals surface area contributed by atoms with Gasteiger partial charge in [-0.3, -0.25) is 0 Å². The van der Waals surface area contributed by atoms with Crippen LogP contribution in [0.15, 0.2) is 18.2 Å². The van der Waals surface area contributed by atoms with Crippen LogP contribution in [0.3, 0.4) is 0 Å². The fourth-order valence-electron chi connectivity index (χ4n) is 2.26. The smallest absolute Gasteiger partial charge is 0.165 e. The van der Waals surface area contributed by atoms with Crippen LogP contribution in [0, 0.1) is 5.82 Å². The molecule has 0 aliphatic heterocycles. The van der Waals surface area contributed by atoms with Gasteiger partial charge in [0.2, 0.25) is 0 Å². The van der Waals surface area contributed by atoms with Gasteiger partial charge >= 0.3 is 0 Å². The zero-order valence-electron chi connectivity index (χ0n) is 9.79. The Kier molecular flexibility index (Phi) is 3.64. The molecular weight excluding hydrogens is 221 g/mol. The zero-order chi connectivity index (χ0) is 12.3. The second-order valence-electron chi connectivity index (χ2n) is 4.65. The third-order valence-corrected chi connectivity index (χ3v) is 3.29. The van der Waals surface area contributed by atoms with E-state index < -0.39 is 11.4 Å². The second kappa shape index (κ2) is 5.02. The molecule has 1 saturated carbocycles. The number of ether oxygens (including phenoxy) is 1. The van der Waals surface area contributed by atoms with E-state index in [1.807, 2.05) is 0 Å². The van der Waals surface area contributed by atoms with Crippen molar-refractivity contribution in [2.24, 2.45) is 5.73 Å². The highest BCUT2D eigenvalue weighted by Gasteiger charge is 2.32. The molecule has 3 nitrogen and oxygen atoms in total. The van der Waals surface area contributed by atoms with E-state index in [9.17, 15) is 9.50 Å². The van der Waals surface area contributed by atoms with Gasteiger partial charge in [0.05, 0.1) is 5.60 Å². The Labute approximate surface area is 100 Å². The molecule has 0 heterocycles. The summed E-state index contributed by atoms with van der Waals surface area (Å²) in [5.41, 5.74) is 5.36. The van der Waals surface area contributed by atoms with Gasteiger partial charge in [-0.2, -0.15) is 0 Å². The largest absolute Gasteiger partial charge is 0.487 e. The predicted molar refractivity (Wildman–Crippen MR) is 63.2 cm³/mol. The van der Waals surface area contributed by atoms with Crippen molar-refractivity contribution in [1.82, 2.24) is 0 Å². The fourth-order valence-corrected chi connectivity index (χ4v) is 2.26. The standard InChI is InChI=1S/C13H18FNO2/c14-11-5-3-4-10(8-15)12(11)17-9-13(16)6-1-2-7-13/h3-5,16H,1-2,6-9,15H2. The predicted octanol–water partition coefficient (Wildman–Crippen LogP) is 1.97. The monoisotopic (exact) mass is 239 g/mol. The van der Waals surface area contributed by atoms with Crippen molar-refractivity contribution in [3.63, 3.8) is 0 Å². The van der Waals surface area contributed by atoms with Gasteiger partial charge in [-0.1, -0.05) is 25.0 Å². The molecule has 1 fully saturated rings. The Morgan fingerprint density at radius 3 is 2.71 bits per heavy atom. The SMILES string of the molecule is NCc1cccc(F)c1OCC1(O)CCCC1. The number of hydrogen-bond donors (Lipinski definition) is 2. The van der Waals surface area contributed by atoms with Crippen LogP contribution in [0.2, 0.25) is 0 Å². The molecule has 0 unspecified atom stereocenters. The lowest BCUT2D eigenvalue weighted by molar-refractivity contribution is 0.0000472. The maximum atomic E-state index is 13.6. The third kappa shape index (κ3) is 2.76. The molecule has 94 valence electrons. The summed E-state index contributed by atoms with van der Waals surface area (Å²) in [6, 6.07) is 4.68. The topological polar surface area (TPSA) is 55.5 Å². The lowest BCUT2D eigenvalue weighted by Crippen LogP contribution is -2.32. The summed E-state index contributed by atoms with van der Waals surface area (Å²) >= 11 is 0. The first-order chi connectivity index (χ1) is 8.14. The molecule has 17 heavy (non-hydrogen) atoms. The number of rotatable bonds is 4. The average Bonchev–Trinajstić information content (AvgIpc) is 2.75. The van der Waals surface area contributed by atoms with Gasteiger partial charge in [-0.15, -0.1) is 0 Å². The van der Waals surface area contributed by atoms with Crippen molar-refractivity contribution in [3.8, 4) is 5.75 Å². The Hall–Kier alpha value is -1.13. The molecule has 0 aromatic heterocycles. The fraction of sp³-hybridized carbons (Fsp3) is 0.538. The lowest BCUT2D eigenvalue weighted by Gasteiger charge is -2.23. The van der Waals surface area contributed by atoms with Crippen molar-refractivity contribution >= 4 is 0 Å². The number of aliphatic hydroxyl groups is 1. The summed E-state index contributed by atoms with van der Waals surface area (Å²) in [5.74, 6) is -0.245. The highest BCUT2D eigenvalue weighted by molar-refractivity contribution is 5.34. The summed E-state index contributed by atoms with van der Waals surface area (Å²) < 4.78 is 19.0. The minimum absolute atomic E-state index is 0.140. The maximum absolute atomic E-state index is 13.6. The quantitative estimate of drug-likeness (QED) is 0.844. The van der Waals surface area contributed by atoms with E-state index >= 15 is 0 Å². The zero-order valence-corrected chi connectivity index (χ0v) is 9.79. The van der Waals surface area contributed by atoms with Crippen molar-refractivity contribution in [1.29, 1.82) is 0 Å². The molecule has 2 rings (SSSR count). The molecule has 0 amide bonds. The van der Waals surface area contributed by atoms with E-state index in [-0.39, 0.29) is 18.9 Å². The minimum atomic E-state index is -0.797. The van der Waals surface area contributed by atoms with Gasteiger partial charge in [-0.05, 0) is 18.9 Å². The van der Waals surface area contributed by atoms with Gasteiger partial charge < -0.3 is 15.6 Å². The molecule has 1 aromatic carbocycles. The number of nitrogens with two attached hydrogens (primary N) is 1. The number of hydrogen-bond acceptors (Lipinski definition) is 3. The van der Waals surface area contributed by atoms with E-state index in [0.717, 1.165) is 25.7 Å². The molecule has 0 spiro atoms. The van der Waals surface area contributed by atoms with Crippen molar-refractivity contribution in [3.05, 3.63) is 29.6 Å². The molecular formula is C13H18FNO2. The summed E-state index contributed by atoms with van der Waals surface area (Å²) in [4.78, 5) is 0. The van der Waals surface area contributed by atoms with Crippen LogP contribution in [0.1, 0.15) is 31.2 Å². The van der Waals surface area contributed by atoms with Crippen LogP contribution in [-0.4, -0.2) is 17.3 Å². The lowest BCUT2D eigenvalue weighted by atomic mass is 10.0. The van der Waals surface area contributed by atoms with Crippen LogP contribution in [0.4, 0.5) is 4.39 Å². The first-order valence-corrected chi connectivity index (χ1v) is 5.97. The highest BCUT2D eigenvalue weighted by atomic mass is 19.1. The van der Waals surface area contributed by atoms with Crippen molar-refractivity contribution < 1.29 is 14.2 Å².